The number of rotatable bonds is 5. The van der Waals surface area contributed by atoms with Gasteiger partial charge in [0, 0.05) is 17.1 Å². The van der Waals surface area contributed by atoms with E-state index in [2.05, 4.69) is 4.72 Å². The van der Waals surface area contributed by atoms with Crippen molar-refractivity contribution in [3.63, 3.8) is 0 Å². The van der Waals surface area contributed by atoms with Gasteiger partial charge in [-0.25, -0.2) is 13.1 Å². The molecule has 0 amide bonds. The summed E-state index contributed by atoms with van der Waals surface area (Å²) in [5.41, 5.74) is 1.55. The fourth-order valence-corrected chi connectivity index (χ4v) is 3.13. The smallest absolute Gasteiger partial charge is 0.216 e. The predicted octanol–water partition coefficient (Wildman–Crippen LogP) is 3.17. The first kappa shape index (κ1) is 15.1. The normalized spacial score (nSPS) is 11.8. The Labute approximate surface area is 123 Å². The van der Waals surface area contributed by atoms with Crippen LogP contribution in [0.15, 0.2) is 34.7 Å². The minimum absolute atomic E-state index is 0.0694. The summed E-state index contributed by atoms with van der Waals surface area (Å²) in [5.74, 6) is 1.44. The molecule has 1 aromatic heterocycles. The van der Waals surface area contributed by atoms with Crippen molar-refractivity contribution >= 4 is 21.6 Å². The molecule has 0 aliphatic carbocycles. The zero-order valence-electron chi connectivity index (χ0n) is 11.3. The number of aryl methyl sites for hydroxylation is 2. The molecule has 0 atom stereocenters. The first-order chi connectivity index (χ1) is 9.35. The van der Waals surface area contributed by atoms with Crippen LogP contribution in [0.2, 0.25) is 5.02 Å². The van der Waals surface area contributed by atoms with Crippen molar-refractivity contribution in [1.29, 1.82) is 0 Å². The van der Waals surface area contributed by atoms with E-state index in [4.69, 9.17) is 16.0 Å². The van der Waals surface area contributed by atoms with Gasteiger partial charge in [0.05, 0.1) is 5.75 Å². The van der Waals surface area contributed by atoms with Gasteiger partial charge in [-0.2, -0.15) is 0 Å². The molecule has 0 saturated carbocycles. The number of sulfonamides is 1. The molecule has 0 spiro atoms. The topological polar surface area (TPSA) is 59.3 Å². The molecule has 6 heteroatoms. The molecule has 108 valence electrons. The largest absolute Gasteiger partial charge is 0.466 e. The van der Waals surface area contributed by atoms with Gasteiger partial charge in [-0.3, -0.25) is 0 Å². The second kappa shape index (κ2) is 5.99. The van der Waals surface area contributed by atoms with Gasteiger partial charge in [-0.1, -0.05) is 23.7 Å². The second-order valence-electron chi connectivity index (χ2n) is 4.65. The molecule has 2 rings (SSSR count). The van der Waals surface area contributed by atoms with E-state index in [9.17, 15) is 8.42 Å². The molecule has 1 aromatic carbocycles. The van der Waals surface area contributed by atoms with Crippen LogP contribution in [0.4, 0.5) is 0 Å². The molecule has 0 fully saturated rings. The molecular weight excluding hydrogens is 298 g/mol. The van der Waals surface area contributed by atoms with E-state index in [1.807, 2.05) is 19.9 Å². The number of halogens is 1. The van der Waals surface area contributed by atoms with E-state index in [0.29, 0.717) is 10.6 Å². The Hall–Kier alpha value is -1.30. The third-order valence-corrected chi connectivity index (χ3v) is 4.45. The lowest BCUT2D eigenvalue weighted by molar-refractivity contribution is 0.500. The zero-order valence-corrected chi connectivity index (χ0v) is 12.9. The Morgan fingerprint density at radius 3 is 2.40 bits per heavy atom. The van der Waals surface area contributed by atoms with Crippen molar-refractivity contribution < 1.29 is 12.8 Å². The summed E-state index contributed by atoms with van der Waals surface area (Å²) >= 11 is 5.77. The number of benzene rings is 1. The van der Waals surface area contributed by atoms with Gasteiger partial charge in [0.2, 0.25) is 10.0 Å². The molecule has 0 saturated heterocycles. The zero-order chi connectivity index (χ0) is 14.8. The molecule has 20 heavy (non-hydrogen) atoms. The first-order valence-corrected chi connectivity index (χ1v) is 8.16. The third kappa shape index (κ3) is 4.10. The molecule has 1 N–H and O–H groups in total. The van der Waals surface area contributed by atoms with Crippen molar-refractivity contribution in [2.45, 2.75) is 26.1 Å². The van der Waals surface area contributed by atoms with Gasteiger partial charge in [0.15, 0.2) is 0 Å². The Morgan fingerprint density at radius 1 is 1.20 bits per heavy atom. The van der Waals surface area contributed by atoms with E-state index in [0.717, 1.165) is 17.1 Å². The fourth-order valence-electron chi connectivity index (χ4n) is 1.90. The molecule has 2 aromatic rings. The molecule has 0 aliphatic heterocycles. The van der Waals surface area contributed by atoms with Crippen LogP contribution in [0.25, 0.3) is 0 Å². The average Bonchev–Trinajstić information content (AvgIpc) is 2.68. The maximum Gasteiger partial charge on any atom is 0.216 e. The summed E-state index contributed by atoms with van der Waals surface area (Å²) < 4.78 is 31.9. The molecule has 0 unspecified atom stereocenters. The lowest BCUT2D eigenvalue weighted by Crippen LogP contribution is -2.24. The van der Waals surface area contributed by atoms with Crippen molar-refractivity contribution in [2.24, 2.45) is 0 Å². The average molecular weight is 314 g/mol. The van der Waals surface area contributed by atoms with Gasteiger partial charge in [-0.05, 0) is 37.6 Å². The van der Waals surface area contributed by atoms with Crippen molar-refractivity contribution in [1.82, 2.24) is 4.72 Å². The summed E-state index contributed by atoms with van der Waals surface area (Å²) in [6.45, 7) is 3.88. The van der Waals surface area contributed by atoms with Gasteiger partial charge in [0.25, 0.3) is 0 Å². The fraction of sp³-hybridized carbons (Fsp3) is 0.286. The Morgan fingerprint density at radius 2 is 1.85 bits per heavy atom. The quantitative estimate of drug-likeness (QED) is 0.922. The van der Waals surface area contributed by atoms with Crippen LogP contribution in [0.1, 0.15) is 22.6 Å². The molecule has 0 radical (unpaired) electrons. The predicted molar refractivity (Wildman–Crippen MR) is 79.1 cm³/mol. The van der Waals surface area contributed by atoms with E-state index in [1.54, 1.807) is 24.3 Å². The maximum absolute atomic E-state index is 12.0. The molecule has 1 heterocycles. The molecule has 4 nitrogen and oxygen atoms in total. The summed E-state index contributed by atoms with van der Waals surface area (Å²) in [6.07, 6.45) is 0. The molecule has 0 bridgehead atoms. The monoisotopic (exact) mass is 313 g/mol. The highest BCUT2D eigenvalue weighted by molar-refractivity contribution is 7.88. The number of nitrogens with one attached hydrogen (secondary N) is 1. The maximum atomic E-state index is 12.0. The minimum Gasteiger partial charge on any atom is -0.466 e. The molecular formula is C14H16ClNO3S. The summed E-state index contributed by atoms with van der Waals surface area (Å²) in [6, 6.07) is 8.59. The van der Waals surface area contributed by atoms with Crippen molar-refractivity contribution in [2.75, 3.05) is 0 Å². The summed E-state index contributed by atoms with van der Waals surface area (Å²) in [4.78, 5) is 0. The lowest BCUT2D eigenvalue weighted by atomic mass is 10.2. The van der Waals surface area contributed by atoms with Crippen LogP contribution in [0, 0.1) is 13.8 Å². The van der Waals surface area contributed by atoms with Crippen LogP contribution in [-0.2, 0) is 22.3 Å². The van der Waals surface area contributed by atoms with E-state index in [1.165, 1.54) is 0 Å². The first-order valence-electron chi connectivity index (χ1n) is 6.13. The number of furan rings is 1. The van der Waals surface area contributed by atoms with Crippen LogP contribution in [0.3, 0.4) is 0 Å². The van der Waals surface area contributed by atoms with Crippen LogP contribution in [0.5, 0.6) is 0 Å². The highest BCUT2D eigenvalue weighted by atomic mass is 35.5. The van der Waals surface area contributed by atoms with Gasteiger partial charge in [-0.15, -0.1) is 0 Å². The van der Waals surface area contributed by atoms with E-state index >= 15 is 0 Å². The third-order valence-electron chi connectivity index (χ3n) is 2.90. The van der Waals surface area contributed by atoms with Gasteiger partial charge < -0.3 is 4.42 Å². The Balaban J connectivity index is 2.01. The van der Waals surface area contributed by atoms with Crippen molar-refractivity contribution in [3.8, 4) is 0 Å². The Bertz CT molecular complexity index is 690. The summed E-state index contributed by atoms with van der Waals surface area (Å²) in [5, 5.41) is 0.587. The lowest BCUT2D eigenvalue weighted by Gasteiger charge is -2.06. The highest BCUT2D eigenvalue weighted by Crippen LogP contribution is 2.15. The number of hydrogen-bond donors (Lipinski definition) is 1. The summed E-state index contributed by atoms with van der Waals surface area (Å²) in [7, 11) is -3.39. The SMILES string of the molecule is Cc1cc(CNS(=O)(=O)Cc2ccc(Cl)cc2)c(C)o1. The minimum atomic E-state index is -3.39. The van der Waals surface area contributed by atoms with E-state index < -0.39 is 10.0 Å². The van der Waals surface area contributed by atoms with Crippen LogP contribution >= 0.6 is 11.6 Å². The van der Waals surface area contributed by atoms with Gasteiger partial charge >= 0.3 is 0 Å². The Kier molecular flexibility index (Phi) is 4.52. The standard InChI is InChI=1S/C14H16ClNO3S/c1-10-7-13(11(2)19-10)8-16-20(17,18)9-12-3-5-14(15)6-4-12/h3-7,16H,8-9H2,1-2H3. The van der Waals surface area contributed by atoms with E-state index in [-0.39, 0.29) is 12.3 Å². The highest BCUT2D eigenvalue weighted by Gasteiger charge is 2.13. The number of hydrogen-bond acceptors (Lipinski definition) is 3. The van der Waals surface area contributed by atoms with Crippen LogP contribution in [-0.4, -0.2) is 8.42 Å². The second-order valence-corrected chi connectivity index (χ2v) is 6.89. The van der Waals surface area contributed by atoms with Crippen LogP contribution < -0.4 is 4.72 Å². The molecule has 0 aliphatic rings. The van der Waals surface area contributed by atoms with Gasteiger partial charge in [0.1, 0.15) is 11.5 Å². The van der Waals surface area contributed by atoms with Crippen molar-refractivity contribution in [3.05, 3.63) is 58.0 Å².